The number of carbonyl (C=O) groups excluding carboxylic acids is 2. The lowest BCUT2D eigenvalue weighted by molar-refractivity contribution is -0.116. The molecule has 7 heteroatoms. The number of nitrogens with zero attached hydrogens (tertiary/aromatic N) is 2. The first-order valence-corrected chi connectivity index (χ1v) is 8.25. The Morgan fingerprint density at radius 3 is 2.70 bits per heavy atom. The molecule has 0 aliphatic rings. The molecule has 1 N–H and O–H groups in total. The number of amides is 2. The van der Waals surface area contributed by atoms with E-state index in [0.29, 0.717) is 22.9 Å². The minimum Gasteiger partial charge on any atom is -0.343 e. The molecule has 1 heterocycles. The predicted octanol–water partition coefficient (Wildman–Crippen LogP) is 3.63. The number of nitrogens with one attached hydrogen (secondary N) is 1. The van der Waals surface area contributed by atoms with Crippen LogP contribution in [0.15, 0.2) is 41.0 Å². The van der Waals surface area contributed by atoms with Crippen molar-refractivity contribution in [2.45, 2.75) is 13.5 Å². The number of benzene rings is 1. The number of hydrogen-bond donors (Lipinski definition) is 1. The van der Waals surface area contributed by atoms with Gasteiger partial charge in [-0.3, -0.25) is 9.59 Å². The summed E-state index contributed by atoms with van der Waals surface area (Å²) in [6.07, 6.45) is 1.84. The third-order valence-corrected chi connectivity index (χ3v) is 4.06. The van der Waals surface area contributed by atoms with Gasteiger partial charge < -0.3 is 14.8 Å². The third kappa shape index (κ3) is 4.36. The minimum absolute atomic E-state index is 0.0590. The maximum atomic E-state index is 12.5. The van der Waals surface area contributed by atoms with E-state index in [1.807, 2.05) is 17.7 Å². The molecule has 0 bridgehead atoms. The van der Waals surface area contributed by atoms with Gasteiger partial charge in [0.1, 0.15) is 5.69 Å². The second-order valence-corrected chi connectivity index (χ2v) is 6.34. The molecule has 2 rings (SSSR count). The van der Waals surface area contributed by atoms with Crippen molar-refractivity contribution in [3.05, 3.63) is 51.7 Å². The lowest BCUT2D eigenvalue weighted by atomic mass is 10.3. The molecule has 0 atom stereocenters. The van der Waals surface area contributed by atoms with Crippen LogP contribution in [0.3, 0.4) is 0 Å². The second kappa shape index (κ2) is 7.66. The van der Waals surface area contributed by atoms with Crippen molar-refractivity contribution in [3.63, 3.8) is 0 Å². The number of carbonyl (C=O) groups is 2. The van der Waals surface area contributed by atoms with Gasteiger partial charge >= 0.3 is 0 Å². The molecule has 0 aliphatic carbocycles. The van der Waals surface area contributed by atoms with Crippen molar-refractivity contribution in [2.75, 3.05) is 18.9 Å². The van der Waals surface area contributed by atoms with Gasteiger partial charge in [-0.05, 0) is 41.1 Å². The summed E-state index contributed by atoms with van der Waals surface area (Å²) in [4.78, 5) is 25.9. The fraction of sp³-hybridized carbons (Fsp3) is 0.250. The molecule has 0 radical (unpaired) electrons. The summed E-state index contributed by atoms with van der Waals surface area (Å²) < 4.78 is 2.66. The van der Waals surface area contributed by atoms with E-state index in [1.165, 1.54) is 4.90 Å². The summed E-state index contributed by atoms with van der Waals surface area (Å²) in [7, 11) is 1.59. The molecule has 1 aromatic heterocycles. The van der Waals surface area contributed by atoms with E-state index < -0.39 is 0 Å². The zero-order chi connectivity index (χ0) is 17.0. The number of likely N-dealkylation sites (N-methyl/N-ethyl adjacent to an activating group) is 1. The zero-order valence-electron chi connectivity index (χ0n) is 12.8. The van der Waals surface area contributed by atoms with Gasteiger partial charge in [-0.2, -0.15) is 0 Å². The molecule has 2 aromatic rings. The SMILES string of the molecule is CCn1cc(Br)cc1C(=O)N(C)CC(=O)Nc1ccccc1Cl. The first-order chi connectivity index (χ1) is 10.9. The Morgan fingerprint density at radius 1 is 1.35 bits per heavy atom. The number of aromatic nitrogens is 1. The van der Waals surface area contributed by atoms with E-state index in [0.717, 1.165) is 4.47 Å². The van der Waals surface area contributed by atoms with Crippen molar-refractivity contribution < 1.29 is 9.59 Å². The Kier molecular flexibility index (Phi) is 5.85. The van der Waals surface area contributed by atoms with Gasteiger partial charge in [0.2, 0.25) is 5.91 Å². The number of rotatable bonds is 5. The van der Waals surface area contributed by atoms with E-state index >= 15 is 0 Å². The van der Waals surface area contributed by atoms with Crippen LogP contribution in [0.1, 0.15) is 17.4 Å². The van der Waals surface area contributed by atoms with Gasteiger partial charge in [-0.1, -0.05) is 23.7 Å². The number of anilines is 1. The minimum atomic E-state index is -0.303. The van der Waals surface area contributed by atoms with E-state index in [9.17, 15) is 9.59 Å². The molecule has 0 saturated carbocycles. The van der Waals surface area contributed by atoms with Gasteiger partial charge in [0.05, 0.1) is 17.3 Å². The van der Waals surface area contributed by atoms with Crippen molar-refractivity contribution >= 4 is 45.0 Å². The van der Waals surface area contributed by atoms with E-state index in [2.05, 4.69) is 21.2 Å². The molecule has 5 nitrogen and oxygen atoms in total. The number of para-hydroxylation sites is 1. The molecule has 0 spiro atoms. The topological polar surface area (TPSA) is 54.3 Å². The van der Waals surface area contributed by atoms with Crippen LogP contribution >= 0.6 is 27.5 Å². The van der Waals surface area contributed by atoms with Crippen LogP contribution in [-0.2, 0) is 11.3 Å². The second-order valence-electron chi connectivity index (χ2n) is 5.02. The van der Waals surface area contributed by atoms with Gasteiger partial charge in [-0.15, -0.1) is 0 Å². The van der Waals surface area contributed by atoms with Crippen LogP contribution in [0.2, 0.25) is 5.02 Å². The fourth-order valence-corrected chi connectivity index (χ4v) is 2.80. The summed E-state index contributed by atoms with van der Waals surface area (Å²) in [6, 6.07) is 8.71. The number of aryl methyl sites for hydroxylation is 1. The smallest absolute Gasteiger partial charge is 0.270 e. The Labute approximate surface area is 148 Å². The molecule has 23 heavy (non-hydrogen) atoms. The average molecular weight is 399 g/mol. The number of halogens is 2. The van der Waals surface area contributed by atoms with Gasteiger partial charge in [0.25, 0.3) is 5.91 Å². The highest BCUT2D eigenvalue weighted by Gasteiger charge is 2.19. The fourth-order valence-electron chi connectivity index (χ4n) is 2.15. The van der Waals surface area contributed by atoms with Crippen LogP contribution in [0.25, 0.3) is 0 Å². The standard InChI is InChI=1S/C16H17BrClN3O2/c1-3-21-9-11(17)8-14(21)16(23)20(2)10-15(22)19-13-7-5-4-6-12(13)18/h4-9H,3,10H2,1-2H3,(H,19,22). The Balaban J connectivity index is 2.03. The van der Waals surface area contributed by atoms with Crippen LogP contribution in [0.5, 0.6) is 0 Å². The molecule has 1 aromatic carbocycles. The summed E-state index contributed by atoms with van der Waals surface area (Å²) in [5.74, 6) is -0.519. The van der Waals surface area contributed by atoms with Gasteiger partial charge in [-0.25, -0.2) is 0 Å². The summed E-state index contributed by atoms with van der Waals surface area (Å²) >= 11 is 9.36. The van der Waals surface area contributed by atoms with E-state index in [-0.39, 0.29) is 18.4 Å². The lowest BCUT2D eigenvalue weighted by Crippen LogP contribution is -2.35. The first kappa shape index (κ1) is 17.6. The first-order valence-electron chi connectivity index (χ1n) is 7.08. The Hall–Kier alpha value is -1.79. The molecule has 0 saturated heterocycles. The van der Waals surface area contributed by atoms with Crippen molar-refractivity contribution in [2.24, 2.45) is 0 Å². The Bertz CT molecular complexity index is 730. The molecule has 122 valence electrons. The molecule has 0 aliphatic heterocycles. The normalized spacial score (nSPS) is 10.4. The predicted molar refractivity (Wildman–Crippen MR) is 94.8 cm³/mol. The quantitative estimate of drug-likeness (QED) is 0.836. The average Bonchev–Trinajstić information content (AvgIpc) is 2.89. The molecule has 0 fully saturated rings. The van der Waals surface area contributed by atoms with Crippen molar-refractivity contribution in [1.82, 2.24) is 9.47 Å². The van der Waals surface area contributed by atoms with Crippen LogP contribution < -0.4 is 5.32 Å². The highest BCUT2D eigenvalue weighted by molar-refractivity contribution is 9.10. The third-order valence-electron chi connectivity index (χ3n) is 3.30. The highest BCUT2D eigenvalue weighted by atomic mass is 79.9. The van der Waals surface area contributed by atoms with Crippen LogP contribution in [0, 0.1) is 0 Å². The largest absolute Gasteiger partial charge is 0.343 e. The molecule has 0 unspecified atom stereocenters. The van der Waals surface area contributed by atoms with Crippen molar-refractivity contribution in [1.29, 1.82) is 0 Å². The Morgan fingerprint density at radius 2 is 2.04 bits per heavy atom. The maximum Gasteiger partial charge on any atom is 0.270 e. The molecule has 2 amide bonds. The maximum absolute atomic E-state index is 12.5. The molecular weight excluding hydrogens is 382 g/mol. The van der Waals surface area contributed by atoms with Crippen molar-refractivity contribution in [3.8, 4) is 0 Å². The van der Waals surface area contributed by atoms with Gasteiger partial charge in [0, 0.05) is 24.3 Å². The monoisotopic (exact) mass is 397 g/mol. The summed E-state index contributed by atoms with van der Waals surface area (Å²) in [6.45, 7) is 2.57. The summed E-state index contributed by atoms with van der Waals surface area (Å²) in [5, 5.41) is 3.16. The van der Waals surface area contributed by atoms with Gasteiger partial charge in [0.15, 0.2) is 0 Å². The van der Waals surface area contributed by atoms with E-state index in [4.69, 9.17) is 11.6 Å². The molecular formula is C16H17BrClN3O2. The lowest BCUT2D eigenvalue weighted by Gasteiger charge is -2.18. The zero-order valence-corrected chi connectivity index (χ0v) is 15.2. The van der Waals surface area contributed by atoms with Crippen LogP contribution in [-0.4, -0.2) is 34.9 Å². The van der Waals surface area contributed by atoms with Crippen LogP contribution in [0.4, 0.5) is 5.69 Å². The highest BCUT2D eigenvalue weighted by Crippen LogP contribution is 2.20. The summed E-state index contributed by atoms with van der Waals surface area (Å²) in [5.41, 5.74) is 1.06. The number of hydrogen-bond acceptors (Lipinski definition) is 2. The van der Waals surface area contributed by atoms with E-state index in [1.54, 1.807) is 37.4 Å².